The molecule has 19 heavy (non-hydrogen) atoms. The van der Waals surface area contributed by atoms with Crippen LogP contribution < -0.4 is 0 Å². The molecule has 0 saturated heterocycles. The minimum atomic E-state index is -0.511. The predicted octanol–water partition coefficient (Wildman–Crippen LogP) is 4.34. The number of aryl methyl sites for hydroxylation is 2. The minimum Gasteiger partial charge on any atom is -0.292 e. The van der Waals surface area contributed by atoms with Gasteiger partial charge in [0.15, 0.2) is 5.78 Å². The summed E-state index contributed by atoms with van der Waals surface area (Å²) in [5.41, 5.74) is 3.88. The molecule has 0 radical (unpaired) electrons. The largest absolute Gasteiger partial charge is 0.292 e. The van der Waals surface area contributed by atoms with Crippen LogP contribution in [0.15, 0.2) is 48.5 Å². The number of hydrogen-bond donors (Lipinski definition) is 0. The first kappa shape index (κ1) is 13.8. The zero-order valence-electron chi connectivity index (χ0n) is 11.2. The number of alkyl halides is 1. The number of carbonyl (C=O) groups excluding carboxylic acids is 1. The Morgan fingerprint density at radius 3 is 2.47 bits per heavy atom. The molecular weight excluding hydrogens is 256 g/mol. The van der Waals surface area contributed by atoms with Gasteiger partial charge in [0.05, 0.1) is 0 Å². The van der Waals surface area contributed by atoms with E-state index in [-0.39, 0.29) is 5.78 Å². The van der Waals surface area contributed by atoms with E-state index in [0.29, 0.717) is 6.42 Å². The number of Topliss-reactive ketones (excluding diaryl/α,β-unsaturated/α-hetero) is 1. The molecule has 1 nitrogen and oxygen atoms in total. The van der Waals surface area contributed by atoms with Gasteiger partial charge in [-0.25, -0.2) is 0 Å². The van der Waals surface area contributed by atoms with Gasteiger partial charge in [0, 0.05) is 5.56 Å². The Morgan fingerprint density at radius 1 is 1.11 bits per heavy atom. The molecule has 0 aromatic heterocycles. The molecule has 0 aliphatic rings. The molecule has 0 aliphatic carbocycles. The number of carbonyl (C=O) groups is 1. The normalized spacial score (nSPS) is 12.2. The van der Waals surface area contributed by atoms with Gasteiger partial charge in [0.2, 0.25) is 0 Å². The van der Waals surface area contributed by atoms with Crippen LogP contribution in [-0.4, -0.2) is 11.2 Å². The molecule has 1 unspecified atom stereocenters. The molecule has 1 atom stereocenters. The molecule has 0 N–H and O–H groups in total. The van der Waals surface area contributed by atoms with E-state index >= 15 is 0 Å². The van der Waals surface area contributed by atoms with Crippen molar-refractivity contribution in [3.63, 3.8) is 0 Å². The highest BCUT2D eigenvalue weighted by Gasteiger charge is 2.19. The molecule has 0 bridgehead atoms. The summed E-state index contributed by atoms with van der Waals surface area (Å²) in [6.45, 7) is 3.93. The maximum atomic E-state index is 12.4. The number of ketones is 1. The summed E-state index contributed by atoms with van der Waals surface area (Å²) in [5.74, 6) is 0.00622. The predicted molar refractivity (Wildman–Crippen MR) is 80.0 cm³/mol. The molecule has 0 saturated carbocycles. The van der Waals surface area contributed by atoms with Crippen LogP contribution >= 0.6 is 11.6 Å². The van der Waals surface area contributed by atoms with E-state index in [0.717, 1.165) is 22.3 Å². The van der Waals surface area contributed by atoms with E-state index in [9.17, 15) is 4.79 Å². The average Bonchev–Trinajstić information content (AvgIpc) is 2.42. The number of rotatable bonds is 4. The van der Waals surface area contributed by atoms with Crippen molar-refractivity contribution in [1.82, 2.24) is 0 Å². The van der Waals surface area contributed by atoms with Crippen molar-refractivity contribution < 1.29 is 4.79 Å². The van der Waals surface area contributed by atoms with Crippen LogP contribution in [-0.2, 0) is 6.42 Å². The van der Waals surface area contributed by atoms with Gasteiger partial charge in [-0.2, -0.15) is 0 Å². The maximum absolute atomic E-state index is 12.4. The van der Waals surface area contributed by atoms with Gasteiger partial charge < -0.3 is 0 Å². The third-order valence-electron chi connectivity index (χ3n) is 3.20. The third-order valence-corrected chi connectivity index (χ3v) is 3.55. The van der Waals surface area contributed by atoms with Crippen molar-refractivity contribution in [2.75, 3.05) is 0 Å². The van der Waals surface area contributed by atoms with Crippen LogP contribution in [0, 0.1) is 13.8 Å². The van der Waals surface area contributed by atoms with E-state index < -0.39 is 5.38 Å². The zero-order valence-corrected chi connectivity index (χ0v) is 11.9. The molecule has 98 valence electrons. The standard InChI is InChI=1S/C17H17ClO/c1-12-8-9-13(2)15(10-12)17(19)16(18)11-14-6-4-3-5-7-14/h3-10,16H,11H2,1-2H3. The molecule has 0 fully saturated rings. The Hall–Kier alpha value is -1.60. The van der Waals surface area contributed by atoms with Crippen LogP contribution in [0.4, 0.5) is 0 Å². The van der Waals surface area contributed by atoms with Crippen LogP contribution in [0.5, 0.6) is 0 Å². The van der Waals surface area contributed by atoms with Crippen molar-refractivity contribution in [1.29, 1.82) is 0 Å². The SMILES string of the molecule is Cc1ccc(C)c(C(=O)C(Cl)Cc2ccccc2)c1. The van der Waals surface area contributed by atoms with Crippen molar-refractivity contribution >= 4 is 17.4 Å². The van der Waals surface area contributed by atoms with Crippen molar-refractivity contribution in [2.45, 2.75) is 25.6 Å². The second kappa shape index (κ2) is 6.03. The topological polar surface area (TPSA) is 17.1 Å². The Kier molecular flexibility index (Phi) is 4.39. The molecule has 0 amide bonds. The minimum absolute atomic E-state index is 0.00622. The number of halogens is 1. The summed E-state index contributed by atoms with van der Waals surface area (Å²) in [6, 6.07) is 15.7. The van der Waals surface area contributed by atoms with E-state index in [1.165, 1.54) is 0 Å². The second-order valence-corrected chi connectivity index (χ2v) is 5.37. The lowest BCUT2D eigenvalue weighted by Gasteiger charge is -2.11. The number of hydrogen-bond acceptors (Lipinski definition) is 1. The summed E-state index contributed by atoms with van der Waals surface area (Å²) in [6.07, 6.45) is 0.564. The first-order chi connectivity index (χ1) is 9.08. The lowest BCUT2D eigenvalue weighted by atomic mass is 9.97. The number of benzene rings is 2. The van der Waals surface area contributed by atoms with Gasteiger partial charge in [0.25, 0.3) is 0 Å². The molecule has 2 rings (SSSR count). The van der Waals surface area contributed by atoms with Crippen LogP contribution in [0.2, 0.25) is 0 Å². The summed E-state index contributed by atoms with van der Waals surface area (Å²) in [4.78, 5) is 12.4. The van der Waals surface area contributed by atoms with Crippen molar-refractivity contribution in [2.24, 2.45) is 0 Å². The highest BCUT2D eigenvalue weighted by Crippen LogP contribution is 2.18. The monoisotopic (exact) mass is 272 g/mol. The summed E-state index contributed by atoms with van der Waals surface area (Å²) >= 11 is 6.28. The highest BCUT2D eigenvalue weighted by atomic mass is 35.5. The average molecular weight is 273 g/mol. The molecule has 0 spiro atoms. The van der Waals surface area contributed by atoms with Gasteiger partial charge in [-0.15, -0.1) is 11.6 Å². The van der Waals surface area contributed by atoms with Crippen LogP contribution in [0.25, 0.3) is 0 Å². The van der Waals surface area contributed by atoms with Crippen molar-refractivity contribution in [3.05, 3.63) is 70.8 Å². The van der Waals surface area contributed by atoms with Gasteiger partial charge >= 0.3 is 0 Å². The zero-order chi connectivity index (χ0) is 13.8. The van der Waals surface area contributed by atoms with Gasteiger partial charge in [-0.3, -0.25) is 4.79 Å². The first-order valence-electron chi connectivity index (χ1n) is 6.37. The molecule has 0 aliphatic heterocycles. The van der Waals surface area contributed by atoms with Crippen molar-refractivity contribution in [3.8, 4) is 0 Å². The van der Waals surface area contributed by atoms with E-state index in [1.807, 2.05) is 62.4 Å². The smallest absolute Gasteiger partial charge is 0.181 e. The summed E-state index contributed by atoms with van der Waals surface area (Å²) < 4.78 is 0. The summed E-state index contributed by atoms with van der Waals surface area (Å²) in [5, 5.41) is -0.511. The Bertz CT molecular complexity index is 575. The quantitative estimate of drug-likeness (QED) is 0.598. The Balaban J connectivity index is 2.17. The van der Waals surface area contributed by atoms with E-state index in [1.54, 1.807) is 0 Å². The fraction of sp³-hybridized carbons (Fsp3) is 0.235. The van der Waals surface area contributed by atoms with Crippen LogP contribution in [0.1, 0.15) is 27.0 Å². The Morgan fingerprint density at radius 2 is 1.79 bits per heavy atom. The lowest BCUT2D eigenvalue weighted by molar-refractivity contribution is 0.0986. The maximum Gasteiger partial charge on any atom is 0.181 e. The Labute approximate surface area is 119 Å². The second-order valence-electron chi connectivity index (χ2n) is 4.84. The molecule has 2 aromatic carbocycles. The third kappa shape index (κ3) is 3.45. The van der Waals surface area contributed by atoms with Crippen LogP contribution in [0.3, 0.4) is 0 Å². The fourth-order valence-electron chi connectivity index (χ4n) is 2.08. The van der Waals surface area contributed by atoms with E-state index in [4.69, 9.17) is 11.6 Å². The van der Waals surface area contributed by atoms with Gasteiger partial charge in [-0.05, 0) is 37.5 Å². The molecule has 2 aromatic rings. The highest BCUT2D eigenvalue weighted by molar-refractivity contribution is 6.34. The first-order valence-corrected chi connectivity index (χ1v) is 6.81. The fourth-order valence-corrected chi connectivity index (χ4v) is 2.38. The summed E-state index contributed by atoms with van der Waals surface area (Å²) in [7, 11) is 0. The lowest BCUT2D eigenvalue weighted by Crippen LogP contribution is -2.18. The van der Waals surface area contributed by atoms with Gasteiger partial charge in [0.1, 0.15) is 5.38 Å². The molecule has 2 heteroatoms. The molecular formula is C17H17ClO. The molecule has 0 heterocycles. The van der Waals surface area contributed by atoms with Gasteiger partial charge in [-0.1, -0.05) is 48.0 Å². The van der Waals surface area contributed by atoms with E-state index in [2.05, 4.69) is 0 Å².